The number of rotatable bonds is 6. The number of nitrogens with one attached hydrogen (secondary N) is 1. The van der Waals surface area contributed by atoms with E-state index in [1.54, 1.807) is 0 Å². The highest BCUT2D eigenvalue weighted by molar-refractivity contribution is 5.85. The van der Waals surface area contributed by atoms with Gasteiger partial charge in [0.25, 0.3) is 0 Å². The summed E-state index contributed by atoms with van der Waals surface area (Å²) in [5, 5.41) is 3.12. The third-order valence-corrected chi connectivity index (χ3v) is 4.72. The van der Waals surface area contributed by atoms with Crippen LogP contribution in [0.4, 0.5) is 26.3 Å². The first-order valence-electron chi connectivity index (χ1n) is 8.87. The van der Waals surface area contributed by atoms with E-state index in [0.717, 1.165) is 12.8 Å². The summed E-state index contributed by atoms with van der Waals surface area (Å²) in [7, 11) is 0. The van der Waals surface area contributed by atoms with Gasteiger partial charge in [0.1, 0.15) is 0 Å². The highest BCUT2D eigenvalue weighted by Gasteiger charge is 2.39. The Morgan fingerprint density at radius 3 is 2.07 bits per heavy atom. The maximum Gasteiger partial charge on any atom is 0.416 e. The van der Waals surface area contributed by atoms with Crippen molar-refractivity contribution in [3.63, 3.8) is 0 Å². The SMILES string of the molecule is CCCCC[C@@H](c1cc(C(F)(F)F)ccc1C(F)(F)F)N1CCNCC1.Cl.Cl. The molecule has 0 spiro atoms. The molecule has 164 valence electrons. The van der Waals surface area contributed by atoms with Crippen molar-refractivity contribution in [1.29, 1.82) is 0 Å². The van der Waals surface area contributed by atoms with Crippen molar-refractivity contribution in [1.82, 2.24) is 10.2 Å². The van der Waals surface area contributed by atoms with Gasteiger partial charge in [-0.05, 0) is 30.2 Å². The fourth-order valence-electron chi connectivity index (χ4n) is 3.39. The lowest BCUT2D eigenvalue weighted by Crippen LogP contribution is -2.45. The van der Waals surface area contributed by atoms with Crippen LogP contribution in [0.5, 0.6) is 0 Å². The van der Waals surface area contributed by atoms with Crippen LogP contribution in [-0.2, 0) is 12.4 Å². The largest absolute Gasteiger partial charge is 0.416 e. The lowest BCUT2D eigenvalue weighted by Gasteiger charge is -2.36. The molecule has 1 atom stereocenters. The highest BCUT2D eigenvalue weighted by Crippen LogP contribution is 2.41. The second kappa shape index (κ2) is 11.5. The summed E-state index contributed by atoms with van der Waals surface area (Å²) in [6.07, 6.45) is -6.53. The highest BCUT2D eigenvalue weighted by atomic mass is 35.5. The number of unbranched alkanes of at least 4 members (excludes halogenated alkanes) is 2. The van der Waals surface area contributed by atoms with E-state index in [9.17, 15) is 26.3 Å². The molecule has 0 unspecified atom stereocenters. The maximum absolute atomic E-state index is 13.5. The molecule has 2 nitrogen and oxygen atoms in total. The molecule has 10 heteroatoms. The predicted octanol–water partition coefficient (Wildman–Crippen LogP) is 6.09. The van der Waals surface area contributed by atoms with E-state index in [1.165, 1.54) is 0 Å². The maximum atomic E-state index is 13.5. The molecule has 2 rings (SSSR count). The Morgan fingerprint density at radius 2 is 1.57 bits per heavy atom. The van der Waals surface area contributed by atoms with Gasteiger partial charge in [-0.25, -0.2) is 0 Å². The van der Waals surface area contributed by atoms with Gasteiger partial charge in [-0.3, -0.25) is 4.90 Å². The van der Waals surface area contributed by atoms with E-state index in [-0.39, 0.29) is 30.4 Å². The van der Waals surface area contributed by atoms with Crippen molar-refractivity contribution in [2.24, 2.45) is 0 Å². The zero-order valence-electron chi connectivity index (χ0n) is 15.5. The second-order valence-electron chi connectivity index (χ2n) is 6.60. The molecule has 0 radical (unpaired) electrons. The number of benzene rings is 1. The summed E-state index contributed by atoms with van der Waals surface area (Å²) in [5.74, 6) is 0. The molecule has 1 saturated heterocycles. The standard InChI is InChI=1S/C18H24F6N2.2ClH/c1-2-3-4-5-16(26-10-8-25-9-11-26)14-12-13(17(19,20)21)6-7-15(14)18(22,23)24;;/h6-7,12,16,25H,2-5,8-11H2,1H3;2*1H/t16-;;/m0../s1. The van der Waals surface area contributed by atoms with Crippen LogP contribution in [0.2, 0.25) is 0 Å². The van der Waals surface area contributed by atoms with Crippen molar-refractivity contribution < 1.29 is 26.3 Å². The Balaban J connectivity index is 0.00000364. The molecule has 1 fully saturated rings. The molecule has 0 aromatic heterocycles. The Hall–Kier alpha value is -0.700. The topological polar surface area (TPSA) is 15.3 Å². The van der Waals surface area contributed by atoms with E-state index in [1.807, 2.05) is 11.8 Å². The van der Waals surface area contributed by atoms with Gasteiger partial charge in [0.05, 0.1) is 11.1 Å². The third kappa shape index (κ3) is 7.28. The van der Waals surface area contributed by atoms with Crippen LogP contribution in [0.25, 0.3) is 0 Å². The second-order valence-corrected chi connectivity index (χ2v) is 6.60. The fourth-order valence-corrected chi connectivity index (χ4v) is 3.39. The molecule has 28 heavy (non-hydrogen) atoms. The minimum atomic E-state index is -4.68. The summed E-state index contributed by atoms with van der Waals surface area (Å²) < 4.78 is 79.8. The van der Waals surface area contributed by atoms with E-state index in [0.29, 0.717) is 57.2 Å². The number of nitrogens with zero attached hydrogens (tertiary/aromatic N) is 1. The Labute approximate surface area is 173 Å². The number of hydrogen-bond donors (Lipinski definition) is 1. The predicted molar refractivity (Wildman–Crippen MR) is 102 cm³/mol. The molecule has 1 heterocycles. The molecule has 0 aliphatic carbocycles. The number of hydrogen-bond acceptors (Lipinski definition) is 2. The zero-order chi connectivity index (χ0) is 19.4. The van der Waals surface area contributed by atoms with Crippen LogP contribution >= 0.6 is 24.8 Å². The normalized spacial score (nSPS) is 16.8. The zero-order valence-corrected chi connectivity index (χ0v) is 17.1. The number of alkyl halides is 6. The van der Waals surface area contributed by atoms with Crippen LogP contribution < -0.4 is 5.32 Å². The van der Waals surface area contributed by atoms with Gasteiger partial charge in [0, 0.05) is 32.2 Å². The van der Waals surface area contributed by atoms with Crippen molar-refractivity contribution in [3.8, 4) is 0 Å². The fraction of sp³-hybridized carbons (Fsp3) is 0.667. The van der Waals surface area contributed by atoms with Gasteiger partial charge in [-0.1, -0.05) is 26.2 Å². The Kier molecular flexibility index (Phi) is 11.2. The molecular weight excluding hydrogens is 429 g/mol. The smallest absolute Gasteiger partial charge is 0.314 e. The molecule has 1 aliphatic heterocycles. The van der Waals surface area contributed by atoms with Gasteiger partial charge in [0.15, 0.2) is 0 Å². The van der Waals surface area contributed by atoms with Gasteiger partial charge in [-0.2, -0.15) is 26.3 Å². The van der Waals surface area contributed by atoms with Gasteiger partial charge in [-0.15, -0.1) is 24.8 Å². The van der Waals surface area contributed by atoms with Crippen molar-refractivity contribution in [2.45, 2.75) is 51.0 Å². The molecule has 1 aliphatic rings. The summed E-state index contributed by atoms with van der Waals surface area (Å²) >= 11 is 0. The summed E-state index contributed by atoms with van der Waals surface area (Å²) in [6.45, 7) is 4.25. The average molecular weight is 455 g/mol. The quantitative estimate of drug-likeness (QED) is 0.412. The minimum absolute atomic E-state index is 0. The van der Waals surface area contributed by atoms with Crippen LogP contribution in [0, 0.1) is 0 Å². The number of piperazine rings is 1. The van der Waals surface area contributed by atoms with Crippen LogP contribution in [0.1, 0.15) is 55.3 Å². The van der Waals surface area contributed by atoms with Gasteiger partial charge >= 0.3 is 12.4 Å². The lowest BCUT2D eigenvalue weighted by atomic mass is 9.92. The molecule has 1 aromatic rings. The van der Waals surface area contributed by atoms with E-state index >= 15 is 0 Å². The molecule has 0 amide bonds. The first kappa shape index (κ1) is 27.3. The van der Waals surface area contributed by atoms with Crippen LogP contribution in [0.15, 0.2) is 18.2 Å². The molecule has 1 aromatic carbocycles. The Bertz CT molecular complexity index is 586. The van der Waals surface area contributed by atoms with E-state index < -0.39 is 29.5 Å². The van der Waals surface area contributed by atoms with Gasteiger partial charge < -0.3 is 5.32 Å². The first-order valence-corrected chi connectivity index (χ1v) is 8.87. The van der Waals surface area contributed by atoms with Crippen LogP contribution in [0.3, 0.4) is 0 Å². The van der Waals surface area contributed by atoms with Crippen LogP contribution in [-0.4, -0.2) is 31.1 Å². The summed E-state index contributed by atoms with van der Waals surface area (Å²) in [4.78, 5) is 1.87. The monoisotopic (exact) mass is 454 g/mol. The minimum Gasteiger partial charge on any atom is -0.314 e. The van der Waals surface area contributed by atoms with E-state index in [4.69, 9.17) is 0 Å². The average Bonchev–Trinajstić information content (AvgIpc) is 2.57. The summed E-state index contributed by atoms with van der Waals surface area (Å²) in [5.41, 5.74) is -2.26. The Morgan fingerprint density at radius 1 is 0.964 bits per heavy atom. The lowest BCUT2D eigenvalue weighted by molar-refractivity contribution is -0.142. The molecule has 0 bridgehead atoms. The third-order valence-electron chi connectivity index (χ3n) is 4.72. The van der Waals surface area contributed by atoms with Crippen molar-refractivity contribution in [3.05, 3.63) is 34.9 Å². The van der Waals surface area contributed by atoms with Crippen molar-refractivity contribution in [2.75, 3.05) is 26.2 Å². The molecule has 0 saturated carbocycles. The van der Waals surface area contributed by atoms with E-state index in [2.05, 4.69) is 5.32 Å². The summed E-state index contributed by atoms with van der Waals surface area (Å²) in [6, 6.07) is 1.13. The van der Waals surface area contributed by atoms with Crippen molar-refractivity contribution >= 4 is 24.8 Å². The van der Waals surface area contributed by atoms with Gasteiger partial charge in [0.2, 0.25) is 0 Å². The first-order chi connectivity index (χ1) is 12.1. The molecule has 1 N–H and O–H groups in total. The number of halogens is 8. The molecular formula is C18H26Cl2F6N2.